The van der Waals surface area contributed by atoms with Crippen LogP contribution in [0.4, 0.5) is 5.69 Å². The molecule has 1 aliphatic rings. The topological polar surface area (TPSA) is 49.3 Å². The average molecular weight is 191 g/mol. The number of fused-ring (bicyclic) bond motifs is 1. The largest absolute Gasteiger partial charge is 0.375 e. The minimum absolute atomic E-state index is 0.339. The fraction of sp³-hybridized carbons (Fsp3) is 0.364. The van der Waals surface area contributed by atoms with Crippen molar-refractivity contribution in [2.45, 2.75) is 25.9 Å². The van der Waals surface area contributed by atoms with Crippen molar-refractivity contribution in [3.63, 3.8) is 0 Å². The molecule has 1 aromatic rings. The van der Waals surface area contributed by atoms with Crippen LogP contribution in [0.15, 0.2) is 18.2 Å². The van der Waals surface area contributed by atoms with Gasteiger partial charge in [0.25, 0.3) is 5.91 Å². The Balaban J connectivity index is 2.66. The van der Waals surface area contributed by atoms with Gasteiger partial charge in [-0.1, -0.05) is 19.1 Å². The van der Waals surface area contributed by atoms with Crippen LogP contribution in [0.1, 0.15) is 25.0 Å². The molecule has 0 aromatic heterocycles. The number of amides is 1. The van der Waals surface area contributed by atoms with E-state index in [0.29, 0.717) is 0 Å². The summed E-state index contributed by atoms with van der Waals surface area (Å²) in [5, 5.41) is 12.7. The standard InChI is InChI=1S/C11H13NO2/c1-3-7-5-4-6-8-9(7)11(2,14)10(13)12-8/h4-6,14H,3H2,1-2H3,(H,12,13). The van der Waals surface area contributed by atoms with E-state index in [9.17, 15) is 9.90 Å². The van der Waals surface area contributed by atoms with Gasteiger partial charge in [-0.05, 0) is 25.0 Å². The van der Waals surface area contributed by atoms with Crippen molar-refractivity contribution in [1.29, 1.82) is 0 Å². The number of rotatable bonds is 1. The van der Waals surface area contributed by atoms with Gasteiger partial charge >= 0.3 is 0 Å². The molecule has 0 bridgehead atoms. The third-order valence-corrected chi connectivity index (χ3v) is 2.71. The normalized spacial score (nSPS) is 24.6. The zero-order valence-electron chi connectivity index (χ0n) is 8.29. The molecule has 1 atom stereocenters. The molecule has 0 saturated heterocycles. The summed E-state index contributed by atoms with van der Waals surface area (Å²) in [7, 11) is 0. The Kier molecular flexibility index (Phi) is 1.86. The number of nitrogens with one attached hydrogen (secondary N) is 1. The molecule has 2 N–H and O–H groups in total. The molecule has 0 radical (unpaired) electrons. The first-order valence-corrected chi connectivity index (χ1v) is 4.73. The number of carbonyl (C=O) groups is 1. The summed E-state index contributed by atoms with van der Waals surface area (Å²) in [6.45, 7) is 3.54. The highest BCUT2D eigenvalue weighted by molar-refractivity contribution is 6.05. The lowest BCUT2D eigenvalue weighted by atomic mass is 9.92. The van der Waals surface area contributed by atoms with Crippen LogP contribution in [0.2, 0.25) is 0 Å². The number of hydrogen-bond donors (Lipinski definition) is 2. The van der Waals surface area contributed by atoms with Crippen molar-refractivity contribution in [3.8, 4) is 0 Å². The van der Waals surface area contributed by atoms with Crippen molar-refractivity contribution in [1.82, 2.24) is 0 Å². The summed E-state index contributed by atoms with van der Waals surface area (Å²) in [6.07, 6.45) is 0.814. The lowest BCUT2D eigenvalue weighted by molar-refractivity contribution is -0.131. The summed E-state index contributed by atoms with van der Waals surface area (Å²) in [5.74, 6) is -0.339. The van der Waals surface area contributed by atoms with E-state index in [4.69, 9.17) is 0 Å². The molecule has 1 unspecified atom stereocenters. The van der Waals surface area contributed by atoms with Gasteiger partial charge in [-0.3, -0.25) is 4.79 Å². The van der Waals surface area contributed by atoms with E-state index in [-0.39, 0.29) is 5.91 Å². The van der Waals surface area contributed by atoms with Crippen molar-refractivity contribution >= 4 is 11.6 Å². The van der Waals surface area contributed by atoms with Crippen LogP contribution in [0.3, 0.4) is 0 Å². The van der Waals surface area contributed by atoms with Crippen LogP contribution in [0.25, 0.3) is 0 Å². The van der Waals surface area contributed by atoms with Gasteiger partial charge in [0.05, 0.1) is 0 Å². The number of aliphatic hydroxyl groups is 1. The molecule has 1 heterocycles. The van der Waals surface area contributed by atoms with Crippen molar-refractivity contribution in [2.75, 3.05) is 5.32 Å². The van der Waals surface area contributed by atoms with Gasteiger partial charge in [0, 0.05) is 11.3 Å². The first-order chi connectivity index (χ1) is 6.57. The highest BCUT2D eigenvalue weighted by Gasteiger charge is 2.41. The van der Waals surface area contributed by atoms with Gasteiger partial charge < -0.3 is 10.4 Å². The van der Waals surface area contributed by atoms with E-state index in [1.807, 2.05) is 25.1 Å². The lowest BCUT2D eigenvalue weighted by Gasteiger charge is -2.16. The van der Waals surface area contributed by atoms with E-state index in [1.54, 1.807) is 0 Å². The van der Waals surface area contributed by atoms with Gasteiger partial charge in [-0.2, -0.15) is 0 Å². The molecule has 2 rings (SSSR count). The lowest BCUT2D eigenvalue weighted by Crippen LogP contribution is -2.30. The van der Waals surface area contributed by atoms with E-state index >= 15 is 0 Å². The molecule has 74 valence electrons. The molecule has 3 nitrogen and oxygen atoms in total. The molecule has 14 heavy (non-hydrogen) atoms. The Morgan fingerprint density at radius 2 is 2.21 bits per heavy atom. The predicted octanol–water partition coefficient (Wildman–Crippen LogP) is 1.41. The van der Waals surface area contributed by atoms with Crippen LogP contribution in [0, 0.1) is 0 Å². The third-order valence-electron chi connectivity index (χ3n) is 2.71. The van der Waals surface area contributed by atoms with E-state index in [2.05, 4.69) is 5.32 Å². The molecular formula is C11H13NO2. The van der Waals surface area contributed by atoms with Gasteiger partial charge in [0.2, 0.25) is 0 Å². The zero-order valence-corrected chi connectivity index (χ0v) is 8.29. The van der Waals surface area contributed by atoms with Gasteiger partial charge in [-0.15, -0.1) is 0 Å². The summed E-state index contributed by atoms with van der Waals surface area (Å²) in [5.41, 5.74) is 1.11. The van der Waals surface area contributed by atoms with Crippen LogP contribution in [-0.4, -0.2) is 11.0 Å². The molecule has 3 heteroatoms. The minimum Gasteiger partial charge on any atom is -0.375 e. The number of carbonyl (C=O) groups excluding carboxylic acids is 1. The Labute approximate surface area is 82.8 Å². The smallest absolute Gasteiger partial charge is 0.260 e. The van der Waals surface area contributed by atoms with Crippen LogP contribution in [0.5, 0.6) is 0 Å². The Morgan fingerprint density at radius 3 is 2.86 bits per heavy atom. The molecule has 0 aliphatic carbocycles. The molecule has 0 saturated carbocycles. The first kappa shape index (κ1) is 9.21. The number of benzene rings is 1. The Bertz CT molecular complexity index is 396. The fourth-order valence-electron chi connectivity index (χ4n) is 1.93. The SMILES string of the molecule is CCc1cccc2c1C(C)(O)C(=O)N2. The second-order valence-electron chi connectivity index (χ2n) is 3.72. The molecular weight excluding hydrogens is 178 g/mol. The first-order valence-electron chi connectivity index (χ1n) is 4.73. The van der Waals surface area contributed by atoms with Crippen molar-refractivity contribution < 1.29 is 9.90 Å². The van der Waals surface area contributed by atoms with Gasteiger partial charge in [0.1, 0.15) is 0 Å². The predicted molar refractivity (Wildman–Crippen MR) is 54.0 cm³/mol. The quantitative estimate of drug-likeness (QED) is 0.705. The summed E-state index contributed by atoms with van der Waals surface area (Å²) < 4.78 is 0. The van der Waals surface area contributed by atoms with Gasteiger partial charge in [-0.25, -0.2) is 0 Å². The molecule has 0 fully saturated rings. The average Bonchev–Trinajstić information content (AvgIpc) is 2.38. The van der Waals surface area contributed by atoms with E-state index < -0.39 is 5.60 Å². The maximum atomic E-state index is 11.5. The molecule has 0 spiro atoms. The van der Waals surface area contributed by atoms with E-state index in [1.165, 1.54) is 6.92 Å². The zero-order chi connectivity index (χ0) is 10.3. The molecule has 1 aromatic carbocycles. The molecule has 1 amide bonds. The van der Waals surface area contributed by atoms with E-state index in [0.717, 1.165) is 23.2 Å². The second-order valence-corrected chi connectivity index (χ2v) is 3.72. The molecule has 1 aliphatic heterocycles. The highest BCUT2D eigenvalue weighted by Crippen LogP contribution is 2.37. The maximum Gasteiger partial charge on any atom is 0.260 e. The Morgan fingerprint density at radius 1 is 1.50 bits per heavy atom. The summed E-state index contributed by atoms with van der Waals surface area (Å²) in [4.78, 5) is 11.5. The number of aryl methyl sites for hydroxylation is 1. The Hall–Kier alpha value is -1.35. The maximum absolute atomic E-state index is 11.5. The monoisotopic (exact) mass is 191 g/mol. The minimum atomic E-state index is -1.37. The summed E-state index contributed by atoms with van der Waals surface area (Å²) in [6, 6.07) is 5.64. The highest BCUT2D eigenvalue weighted by atomic mass is 16.3. The second kappa shape index (κ2) is 2.82. The third kappa shape index (κ3) is 1.06. The van der Waals surface area contributed by atoms with Crippen molar-refractivity contribution in [2.24, 2.45) is 0 Å². The van der Waals surface area contributed by atoms with Gasteiger partial charge in [0.15, 0.2) is 5.60 Å². The number of anilines is 1. The van der Waals surface area contributed by atoms with Crippen molar-refractivity contribution in [3.05, 3.63) is 29.3 Å². The van der Waals surface area contributed by atoms with Crippen LogP contribution < -0.4 is 5.32 Å². The van der Waals surface area contributed by atoms with Crippen LogP contribution >= 0.6 is 0 Å². The number of hydrogen-bond acceptors (Lipinski definition) is 2. The summed E-state index contributed by atoms with van der Waals surface area (Å²) >= 11 is 0. The fourth-order valence-corrected chi connectivity index (χ4v) is 1.93. The van der Waals surface area contributed by atoms with Crippen LogP contribution in [-0.2, 0) is 16.8 Å².